The maximum absolute atomic E-state index is 11.1. The quantitative estimate of drug-likeness (QED) is 0.716. The number of aromatic nitrogens is 1. The maximum atomic E-state index is 11.1. The molecule has 0 saturated carbocycles. The van der Waals surface area contributed by atoms with Crippen LogP contribution in [-0.4, -0.2) is 16.4 Å². The summed E-state index contributed by atoms with van der Waals surface area (Å²) in [5, 5.41) is 0. The summed E-state index contributed by atoms with van der Waals surface area (Å²) in [6.45, 7) is 7.81. The molecule has 4 nitrogen and oxygen atoms in total. The molecule has 0 fully saturated rings. The number of hydrogen-bond acceptors (Lipinski definition) is 4. The Morgan fingerprint density at radius 2 is 2.15 bits per heavy atom. The molecule has 1 aromatic carbocycles. The zero-order chi connectivity index (χ0) is 18.7. The molecule has 1 aromatic heterocycles. The normalized spacial score (nSPS) is 16.2. The van der Waals surface area contributed by atoms with Crippen LogP contribution >= 0.6 is 0 Å². The van der Waals surface area contributed by atoms with Gasteiger partial charge >= 0.3 is 0 Å². The molecule has 1 atom stereocenters. The van der Waals surface area contributed by atoms with Gasteiger partial charge in [0.05, 0.1) is 0 Å². The van der Waals surface area contributed by atoms with E-state index in [2.05, 4.69) is 18.8 Å². The second-order valence-electron chi connectivity index (χ2n) is 7.58. The summed E-state index contributed by atoms with van der Waals surface area (Å²) in [5.74, 6) is 2.66. The third-order valence-corrected chi connectivity index (χ3v) is 4.24. The highest BCUT2D eigenvalue weighted by Crippen LogP contribution is 2.37. The number of ketones is 1. The summed E-state index contributed by atoms with van der Waals surface area (Å²) in [5.41, 5.74) is 1.98. The van der Waals surface area contributed by atoms with Gasteiger partial charge in [-0.3, -0.25) is 0 Å². The van der Waals surface area contributed by atoms with Crippen molar-refractivity contribution in [2.75, 3.05) is 0 Å². The fourth-order valence-electron chi connectivity index (χ4n) is 3.12. The lowest BCUT2D eigenvalue weighted by atomic mass is 10.0. The Labute approximate surface area is 154 Å². The predicted octanol–water partition coefficient (Wildman–Crippen LogP) is 5.22. The highest BCUT2D eigenvalue weighted by atomic mass is 16.5. The highest BCUT2D eigenvalue weighted by Gasteiger charge is 2.30. The number of carbonyl (C=O) groups is 1. The van der Waals surface area contributed by atoms with Crippen molar-refractivity contribution in [1.82, 2.24) is 4.98 Å². The van der Waals surface area contributed by atoms with Crippen molar-refractivity contribution in [3.63, 3.8) is 0 Å². The lowest BCUT2D eigenvalue weighted by Gasteiger charge is -2.16. The SMILES string of the molecule is CC(=O)C[C@@H](C)/C=C/c1ccc(Oc2ccc3c(c2)CC(C)(C)O3)nc1. The molecule has 0 N–H and O–H groups in total. The third kappa shape index (κ3) is 4.72. The molecule has 3 rings (SSSR count). The first-order valence-electron chi connectivity index (χ1n) is 8.94. The van der Waals surface area contributed by atoms with Crippen molar-refractivity contribution in [2.24, 2.45) is 5.92 Å². The van der Waals surface area contributed by atoms with Crippen LogP contribution in [0.15, 0.2) is 42.6 Å². The first-order valence-corrected chi connectivity index (χ1v) is 8.94. The Hall–Kier alpha value is -2.62. The number of carbonyl (C=O) groups excluding carboxylic acids is 1. The van der Waals surface area contributed by atoms with E-state index in [4.69, 9.17) is 9.47 Å². The maximum Gasteiger partial charge on any atom is 0.219 e. The number of pyridine rings is 1. The van der Waals surface area contributed by atoms with Crippen molar-refractivity contribution in [3.8, 4) is 17.4 Å². The van der Waals surface area contributed by atoms with E-state index in [-0.39, 0.29) is 17.3 Å². The van der Waals surface area contributed by atoms with Crippen molar-refractivity contribution in [3.05, 3.63) is 53.7 Å². The molecule has 0 bridgehead atoms. The first kappa shape index (κ1) is 18.2. The van der Waals surface area contributed by atoms with E-state index in [9.17, 15) is 4.79 Å². The number of allylic oxidation sites excluding steroid dienone is 1. The Morgan fingerprint density at radius 1 is 1.35 bits per heavy atom. The molecule has 0 saturated heterocycles. The van der Waals surface area contributed by atoms with Crippen LogP contribution in [0.3, 0.4) is 0 Å². The number of benzene rings is 1. The summed E-state index contributed by atoms with van der Waals surface area (Å²) >= 11 is 0. The molecule has 26 heavy (non-hydrogen) atoms. The minimum atomic E-state index is -0.160. The number of ether oxygens (including phenoxy) is 2. The van der Waals surface area contributed by atoms with Gasteiger partial charge in [-0.2, -0.15) is 0 Å². The Balaban J connectivity index is 1.63. The average Bonchev–Trinajstić information content (AvgIpc) is 2.87. The third-order valence-electron chi connectivity index (χ3n) is 4.24. The smallest absolute Gasteiger partial charge is 0.219 e. The molecular weight excluding hydrogens is 326 g/mol. The van der Waals surface area contributed by atoms with Crippen LogP contribution in [0, 0.1) is 5.92 Å². The Kier molecular flexibility index (Phi) is 5.12. The molecule has 2 heterocycles. The van der Waals surface area contributed by atoms with Gasteiger partial charge in [0.15, 0.2) is 0 Å². The summed E-state index contributed by atoms with van der Waals surface area (Å²) in [4.78, 5) is 15.5. The van der Waals surface area contributed by atoms with E-state index in [0.717, 1.165) is 29.0 Å². The zero-order valence-corrected chi connectivity index (χ0v) is 15.8. The second-order valence-corrected chi connectivity index (χ2v) is 7.58. The summed E-state index contributed by atoms with van der Waals surface area (Å²) in [7, 11) is 0. The second kappa shape index (κ2) is 7.32. The van der Waals surface area contributed by atoms with Gasteiger partial charge in [-0.1, -0.05) is 19.1 Å². The minimum Gasteiger partial charge on any atom is -0.487 e. The van der Waals surface area contributed by atoms with Crippen molar-refractivity contribution in [1.29, 1.82) is 0 Å². The van der Waals surface area contributed by atoms with E-state index in [0.29, 0.717) is 12.3 Å². The van der Waals surface area contributed by atoms with Crippen LogP contribution in [0.4, 0.5) is 0 Å². The van der Waals surface area contributed by atoms with Gasteiger partial charge in [0, 0.05) is 30.7 Å². The summed E-state index contributed by atoms with van der Waals surface area (Å²) in [6, 6.07) is 9.68. The van der Waals surface area contributed by atoms with Crippen LogP contribution in [0.1, 0.15) is 45.2 Å². The monoisotopic (exact) mass is 351 g/mol. The molecule has 4 heteroatoms. The average molecular weight is 351 g/mol. The van der Waals surface area contributed by atoms with E-state index in [1.165, 1.54) is 0 Å². The van der Waals surface area contributed by atoms with Crippen molar-refractivity contribution >= 4 is 11.9 Å². The van der Waals surface area contributed by atoms with Crippen molar-refractivity contribution in [2.45, 2.75) is 46.1 Å². The number of rotatable bonds is 6. The number of fused-ring (bicyclic) bond motifs is 1. The van der Waals surface area contributed by atoms with Gasteiger partial charge in [0.2, 0.25) is 5.88 Å². The van der Waals surface area contributed by atoms with Crippen LogP contribution in [0.25, 0.3) is 6.08 Å². The largest absolute Gasteiger partial charge is 0.487 e. The number of nitrogens with zero attached hydrogens (tertiary/aromatic N) is 1. The van der Waals surface area contributed by atoms with Crippen molar-refractivity contribution < 1.29 is 14.3 Å². The molecule has 136 valence electrons. The van der Waals surface area contributed by atoms with Crippen LogP contribution < -0.4 is 9.47 Å². The highest BCUT2D eigenvalue weighted by molar-refractivity contribution is 5.76. The molecule has 0 radical (unpaired) electrons. The topological polar surface area (TPSA) is 48.4 Å². The molecule has 1 aliphatic heterocycles. The van der Waals surface area contributed by atoms with E-state index >= 15 is 0 Å². The zero-order valence-electron chi connectivity index (χ0n) is 15.8. The minimum absolute atomic E-state index is 0.160. The molecule has 0 amide bonds. The standard InChI is InChI=1S/C22H25NO3/c1-15(11-16(2)24)5-6-17-7-10-21(23-14-17)25-19-8-9-20-18(12-19)13-22(3,4)26-20/h5-10,12,14-15H,11,13H2,1-4H3/b6-5+/t15-/m0/s1. The van der Waals surface area contributed by atoms with E-state index < -0.39 is 0 Å². The summed E-state index contributed by atoms with van der Waals surface area (Å²) < 4.78 is 11.8. The summed E-state index contributed by atoms with van der Waals surface area (Å²) in [6.07, 6.45) is 7.21. The molecule has 2 aromatic rings. The van der Waals surface area contributed by atoms with E-state index in [1.54, 1.807) is 13.1 Å². The lowest BCUT2D eigenvalue weighted by Crippen LogP contribution is -2.24. The van der Waals surface area contributed by atoms with Gasteiger partial charge in [0.1, 0.15) is 22.9 Å². The fraction of sp³-hybridized carbons (Fsp3) is 0.364. The van der Waals surface area contributed by atoms with Gasteiger partial charge in [0.25, 0.3) is 0 Å². The van der Waals surface area contributed by atoms with Gasteiger partial charge in [-0.05, 0) is 56.5 Å². The Morgan fingerprint density at radius 3 is 2.85 bits per heavy atom. The number of Topliss-reactive ketones (excluding diaryl/α,β-unsaturated/α-hetero) is 1. The van der Waals surface area contributed by atoms with Crippen LogP contribution in [-0.2, 0) is 11.2 Å². The predicted molar refractivity (Wildman–Crippen MR) is 103 cm³/mol. The van der Waals surface area contributed by atoms with Crippen LogP contribution in [0.5, 0.6) is 17.4 Å². The fourth-order valence-corrected chi connectivity index (χ4v) is 3.12. The Bertz CT molecular complexity index is 822. The van der Waals surface area contributed by atoms with Gasteiger partial charge < -0.3 is 14.3 Å². The molecule has 1 aliphatic rings. The number of hydrogen-bond donors (Lipinski definition) is 0. The lowest BCUT2D eigenvalue weighted by molar-refractivity contribution is -0.117. The molecular formula is C22H25NO3. The van der Waals surface area contributed by atoms with Gasteiger partial charge in [-0.15, -0.1) is 0 Å². The van der Waals surface area contributed by atoms with Crippen LogP contribution in [0.2, 0.25) is 0 Å². The molecule has 0 spiro atoms. The molecule has 0 aliphatic carbocycles. The first-order chi connectivity index (χ1) is 12.3. The molecule has 0 unspecified atom stereocenters. The van der Waals surface area contributed by atoms with E-state index in [1.807, 2.05) is 49.4 Å². The van der Waals surface area contributed by atoms with Gasteiger partial charge in [-0.25, -0.2) is 4.98 Å².